The van der Waals surface area contributed by atoms with Crippen molar-refractivity contribution < 1.29 is 14.3 Å². The molecule has 160 valence electrons. The van der Waals surface area contributed by atoms with E-state index < -0.39 is 6.04 Å². The molecule has 1 fully saturated rings. The molecule has 2 aromatic rings. The Labute approximate surface area is 188 Å². The van der Waals surface area contributed by atoms with Crippen LogP contribution in [0.2, 0.25) is 10.0 Å². The van der Waals surface area contributed by atoms with Crippen LogP contribution in [0.5, 0.6) is 0 Å². The van der Waals surface area contributed by atoms with Crippen molar-refractivity contribution in [3.63, 3.8) is 0 Å². The summed E-state index contributed by atoms with van der Waals surface area (Å²) in [5, 5.41) is 1.28. The first-order valence-electron chi connectivity index (χ1n) is 10.4. The van der Waals surface area contributed by atoms with E-state index in [0.717, 1.165) is 17.5 Å². The number of carbonyl (C=O) groups excluding carboxylic acids is 2. The van der Waals surface area contributed by atoms with Crippen LogP contribution in [0.4, 0.5) is 0 Å². The van der Waals surface area contributed by atoms with Gasteiger partial charge in [0.1, 0.15) is 6.04 Å². The van der Waals surface area contributed by atoms with Crippen molar-refractivity contribution in [2.75, 3.05) is 6.61 Å². The van der Waals surface area contributed by atoms with Gasteiger partial charge in [0.25, 0.3) is 0 Å². The third-order valence-corrected chi connectivity index (χ3v) is 6.07. The van der Waals surface area contributed by atoms with Gasteiger partial charge >= 0.3 is 5.97 Å². The predicted molar refractivity (Wildman–Crippen MR) is 120 cm³/mol. The Hall–Kier alpha value is -2.04. The zero-order chi connectivity index (χ0) is 21.7. The average molecular weight is 448 g/mol. The molecule has 0 unspecified atom stereocenters. The van der Waals surface area contributed by atoms with Gasteiger partial charge in [-0.25, -0.2) is 4.79 Å². The van der Waals surface area contributed by atoms with Crippen LogP contribution in [0, 0.1) is 0 Å². The summed E-state index contributed by atoms with van der Waals surface area (Å²) in [7, 11) is 0. The summed E-state index contributed by atoms with van der Waals surface area (Å²) in [5.74, 6) is -0.366. The average Bonchev–Trinajstić information content (AvgIpc) is 2.73. The third kappa shape index (κ3) is 4.98. The van der Waals surface area contributed by atoms with Crippen molar-refractivity contribution in [1.29, 1.82) is 0 Å². The summed E-state index contributed by atoms with van der Waals surface area (Å²) in [4.78, 5) is 27.8. The quantitative estimate of drug-likeness (QED) is 0.476. The second kappa shape index (κ2) is 10.3. The molecular weight excluding hydrogens is 421 g/mol. The zero-order valence-corrected chi connectivity index (χ0v) is 18.8. The van der Waals surface area contributed by atoms with E-state index >= 15 is 0 Å². The number of carbonyl (C=O) groups is 2. The highest BCUT2D eigenvalue weighted by Gasteiger charge is 2.43. The van der Waals surface area contributed by atoms with Crippen LogP contribution in [0.3, 0.4) is 0 Å². The van der Waals surface area contributed by atoms with E-state index in [1.165, 1.54) is 0 Å². The summed E-state index contributed by atoms with van der Waals surface area (Å²) >= 11 is 12.4. The second-order valence-corrected chi connectivity index (χ2v) is 8.43. The number of esters is 1. The fourth-order valence-electron chi connectivity index (χ4n) is 4.30. The van der Waals surface area contributed by atoms with Crippen LogP contribution in [-0.2, 0) is 14.3 Å². The summed E-state index contributed by atoms with van der Waals surface area (Å²) in [5.41, 5.74) is 2.00. The molecule has 1 saturated heterocycles. The van der Waals surface area contributed by atoms with Gasteiger partial charge in [-0.2, -0.15) is 0 Å². The summed E-state index contributed by atoms with van der Waals surface area (Å²) in [6.07, 6.45) is 2.38. The number of benzene rings is 2. The lowest BCUT2D eigenvalue weighted by Gasteiger charge is -2.45. The molecular formula is C24H27Cl2NO3. The number of ether oxygens (including phenoxy) is 1. The van der Waals surface area contributed by atoms with Crippen molar-refractivity contribution in [2.24, 2.45) is 0 Å². The van der Waals surface area contributed by atoms with Crippen LogP contribution >= 0.6 is 23.2 Å². The van der Waals surface area contributed by atoms with Crippen molar-refractivity contribution in [2.45, 2.75) is 57.5 Å². The number of hydrogen-bond donors (Lipinski definition) is 0. The van der Waals surface area contributed by atoms with Crippen LogP contribution in [0.15, 0.2) is 48.5 Å². The molecule has 1 aliphatic heterocycles. The molecule has 0 bridgehead atoms. The standard InChI is InChI=1S/C24H27Cl2NO3/c1-3-6-21(24(29)30-4-2)27-22(28)14-13-20(17-7-5-8-19(26)15-17)23(27)16-9-11-18(25)12-10-16/h5,7-12,15,20-21,23H,3-4,6,13-14H2,1-2H3/t20-,21+,23-/m1/s1. The van der Waals surface area contributed by atoms with Gasteiger partial charge in [0.15, 0.2) is 0 Å². The number of amides is 1. The molecule has 6 heteroatoms. The highest BCUT2D eigenvalue weighted by molar-refractivity contribution is 6.30. The minimum Gasteiger partial charge on any atom is -0.464 e. The zero-order valence-electron chi connectivity index (χ0n) is 17.3. The summed E-state index contributed by atoms with van der Waals surface area (Å²) < 4.78 is 5.35. The van der Waals surface area contributed by atoms with E-state index in [0.29, 0.717) is 29.3 Å². The molecule has 3 rings (SSSR count). The first-order chi connectivity index (χ1) is 14.5. The monoisotopic (exact) mass is 447 g/mol. The molecule has 3 atom stereocenters. The van der Waals surface area contributed by atoms with Gasteiger partial charge in [0.2, 0.25) is 5.91 Å². The van der Waals surface area contributed by atoms with Crippen molar-refractivity contribution in [3.05, 3.63) is 69.7 Å². The van der Waals surface area contributed by atoms with E-state index in [9.17, 15) is 9.59 Å². The summed E-state index contributed by atoms with van der Waals surface area (Å²) in [6, 6.07) is 14.3. The molecule has 1 aliphatic rings. The Balaban J connectivity index is 2.11. The normalized spacial score (nSPS) is 20.1. The topological polar surface area (TPSA) is 46.6 Å². The number of piperidine rings is 1. The number of likely N-dealkylation sites (tertiary alicyclic amines) is 1. The van der Waals surface area contributed by atoms with Crippen LogP contribution in [0.1, 0.15) is 62.6 Å². The summed E-state index contributed by atoms with van der Waals surface area (Å²) in [6.45, 7) is 4.07. The lowest BCUT2D eigenvalue weighted by Crippen LogP contribution is -2.51. The maximum atomic E-state index is 13.2. The van der Waals surface area contributed by atoms with E-state index in [-0.39, 0.29) is 30.4 Å². The maximum absolute atomic E-state index is 13.2. The Kier molecular flexibility index (Phi) is 7.79. The molecule has 2 aromatic carbocycles. The van der Waals surface area contributed by atoms with E-state index in [2.05, 4.69) is 0 Å². The second-order valence-electron chi connectivity index (χ2n) is 7.55. The molecule has 0 saturated carbocycles. The number of nitrogens with zero attached hydrogens (tertiary/aromatic N) is 1. The molecule has 0 N–H and O–H groups in total. The number of halogens is 2. The highest BCUT2D eigenvalue weighted by Crippen LogP contribution is 2.45. The molecule has 0 spiro atoms. The van der Waals surface area contributed by atoms with Crippen molar-refractivity contribution >= 4 is 35.1 Å². The SMILES string of the molecule is CCC[C@@H](C(=O)OCC)N1C(=O)CC[C@H](c2cccc(Cl)c2)[C@H]1c1ccc(Cl)cc1. The molecule has 4 nitrogen and oxygen atoms in total. The van der Waals surface area contributed by atoms with Gasteiger partial charge in [-0.15, -0.1) is 0 Å². The largest absolute Gasteiger partial charge is 0.464 e. The van der Waals surface area contributed by atoms with Gasteiger partial charge in [-0.05, 0) is 55.2 Å². The molecule has 30 heavy (non-hydrogen) atoms. The number of hydrogen-bond acceptors (Lipinski definition) is 3. The van der Waals surface area contributed by atoms with Crippen LogP contribution in [-0.4, -0.2) is 29.4 Å². The lowest BCUT2D eigenvalue weighted by atomic mass is 9.79. The first kappa shape index (κ1) is 22.6. The van der Waals surface area contributed by atoms with Crippen molar-refractivity contribution in [3.8, 4) is 0 Å². The van der Waals surface area contributed by atoms with E-state index in [1.54, 1.807) is 11.8 Å². The van der Waals surface area contributed by atoms with Crippen LogP contribution in [0.25, 0.3) is 0 Å². The van der Waals surface area contributed by atoms with Gasteiger partial charge in [0.05, 0.1) is 12.6 Å². The Morgan fingerprint density at radius 3 is 2.47 bits per heavy atom. The van der Waals surface area contributed by atoms with Crippen molar-refractivity contribution in [1.82, 2.24) is 4.90 Å². The van der Waals surface area contributed by atoms with Gasteiger partial charge < -0.3 is 9.64 Å². The first-order valence-corrected chi connectivity index (χ1v) is 11.2. The Morgan fingerprint density at radius 2 is 1.83 bits per heavy atom. The minimum absolute atomic E-state index is 0.0105. The predicted octanol–water partition coefficient (Wildman–Crippen LogP) is 6.17. The Morgan fingerprint density at radius 1 is 1.10 bits per heavy atom. The van der Waals surface area contributed by atoms with Gasteiger partial charge in [-0.3, -0.25) is 4.79 Å². The van der Waals surface area contributed by atoms with E-state index in [4.69, 9.17) is 27.9 Å². The molecule has 0 radical (unpaired) electrons. The molecule has 1 amide bonds. The highest BCUT2D eigenvalue weighted by atomic mass is 35.5. The van der Waals surface area contributed by atoms with Gasteiger partial charge in [-0.1, -0.05) is 60.8 Å². The van der Waals surface area contributed by atoms with Crippen LogP contribution < -0.4 is 0 Å². The number of rotatable bonds is 7. The molecule has 0 aromatic heterocycles. The maximum Gasteiger partial charge on any atom is 0.328 e. The lowest BCUT2D eigenvalue weighted by molar-refractivity contribution is -0.160. The Bertz CT molecular complexity index is 884. The minimum atomic E-state index is -0.620. The fourth-order valence-corrected chi connectivity index (χ4v) is 4.63. The van der Waals surface area contributed by atoms with Gasteiger partial charge in [0, 0.05) is 22.4 Å². The third-order valence-electron chi connectivity index (χ3n) is 5.58. The van der Waals surface area contributed by atoms with E-state index in [1.807, 2.05) is 55.5 Å². The molecule has 0 aliphatic carbocycles. The fraction of sp³-hybridized carbons (Fsp3) is 0.417. The molecule has 1 heterocycles. The smallest absolute Gasteiger partial charge is 0.328 e.